The first-order chi connectivity index (χ1) is 11.5. The zero-order chi connectivity index (χ0) is 19.3. The Morgan fingerprint density at radius 1 is 1.36 bits per heavy atom. The highest BCUT2D eigenvalue weighted by Gasteiger charge is 2.52. The van der Waals surface area contributed by atoms with Crippen LogP contribution in [0.25, 0.3) is 0 Å². The average molecular weight is 392 g/mol. The third-order valence-corrected chi connectivity index (χ3v) is 4.31. The molecule has 0 spiro atoms. The van der Waals surface area contributed by atoms with E-state index >= 15 is 0 Å². The summed E-state index contributed by atoms with van der Waals surface area (Å²) in [4.78, 5) is 14.4. The second-order valence-electron chi connectivity index (χ2n) is 7.50. The van der Waals surface area contributed by atoms with Crippen LogP contribution in [0.3, 0.4) is 0 Å². The Kier molecular flexibility index (Phi) is 8.17. The predicted octanol–water partition coefficient (Wildman–Crippen LogP) is 5.17. The average Bonchev–Trinajstić information content (AvgIpc) is 2.83. The van der Waals surface area contributed by atoms with E-state index in [2.05, 4.69) is 0 Å². The lowest BCUT2D eigenvalue weighted by molar-refractivity contribution is -0.168. The number of alkyl halides is 3. The second-order valence-corrected chi connectivity index (χ2v) is 8.31. The van der Waals surface area contributed by atoms with Gasteiger partial charge in [-0.2, -0.15) is 0 Å². The normalized spacial score (nSPS) is 25.0. The summed E-state index contributed by atoms with van der Waals surface area (Å²) in [6.45, 7) is 9.76. The summed E-state index contributed by atoms with van der Waals surface area (Å²) in [6.07, 6.45) is -1.21. The Labute approximate surface area is 160 Å². The monoisotopic (exact) mass is 391 g/mol. The molecule has 1 aliphatic heterocycles. The fourth-order valence-electron chi connectivity index (χ4n) is 2.82. The minimum Gasteiger partial charge on any atom is -0.459 e. The first kappa shape index (κ1) is 22.2. The molecule has 0 N–H and O–H groups in total. The lowest BCUT2D eigenvalue weighted by Gasteiger charge is -2.30. The molecule has 6 heteroatoms. The van der Waals surface area contributed by atoms with Gasteiger partial charge in [-0.1, -0.05) is 30.3 Å². The van der Waals surface area contributed by atoms with Gasteiger partial charge in [0.2, 0.25) is 0 Å². The smallest absolute Gasteiger partial charge is 0.316 e. The van der Waals surface area contributed by atoms with Crippen LogP contribution in [-0.2, 0) is 9.53 Å². The largest absolute Gasteiger partial charge is 0.459 e. The molecular formula is C19H28Cl2FNO2. The Morgan fingerprint density at radius 2 is 1.88 bits per heavy atom. The highest BCUT2D eigenvalue weighted by Crippen LogP contribution is 2.39. The first-order valence-corrected chi connectivity index (χ1v) is 9.40. The van der Waals surface area contributed by atoms with Crippen molar-refractivity contribution in [2.45, 2.75) is 52.4 Å². The molecule has 1 fully saturated rings. The second kappa shape index (κ2) is 9.20. The van der Waals surface area contributed by atoms with Crippen molar-refractivity contribution in [3.05, 3.63) is 35.9 Å². The molecule has 0 saturated carbocycles. The fraction of sp³-hybridized carbons (Fsp3) is 0.632. The molecule has 2 rings (SSSR count). The summed E-state index contributed by atoms with van der Waals surface area (Å²) < 4.78 is 20.0. The van der Waals surface area contributed by atoms with E-state index in [-0.39, 0.29) is 17.9 Å². The molecule has 3 nitrogen and oxygen atoms in total. The van der Waals surface area contributed by atoms with E-state index in [0.29, 0.717) is 6.54 Å². The highest BCUT2D eigenvalue weighted by molar-refractivity contribution is 6.40. The van der Waals surface area contributed by atoms with Crippen LogP contribution in [0.1, 0.15) is 46.2 Å². The molecule has 0 aliphatic carbocycles. The quantitative estimate of drug-likeness (QED) is 0.525. The van der Waals surface area contributed by atoms with Gasteiger partial charge in [-0.25, -0.2) is 4.39 Å². The third-order valence-electron chi connectivity index (χ3n) is 4.31. The lowest BCUT2D eigenvalue weighted by atomic mass is 9.88. The van der Waals surface area contributed by atoms with Crippen LogP contribution in [0.5, 0.6) is 0 Å². The van der Waals surface area contributed by atoms with Gasteiger partial charge in [0, 0.05) is 19.1 Å². The molecule has 0 amide bonds. The van der Waals surface area contributed by atoms with Crippen LogP contribution in [0, 0.1) is 5.41 Å². The van der Waals surface area contributed by atoms with Crippen molar-refractivity contribution < 1.29 is 13.9 Å². The minimum atomic E-state index is -1.21. The third kappa shape index (κ3) is 6.12. The summed E-state index contributed by atoms with van der Waals surface area (Å²) in [5, 5.41) is 0.194. The Morgan fingerprint density at radius 3 is 2.36 bits per heavy atom. The molecule has 1 aromatic rings. The van der Waals surface area contributed by atoms with Crippen molar-refractivity contribution in [1.82, 2.24) is 4.90 Å². The van der Waals surface area contributed by atoms with Gasteiger partial charge in [0.1, 0.15) is 17.2 Å². The number of hydrogen-bond acceptors (Lipinski definition) is 3. The zero-order valence-corrected chi connectivity index (χ0v) is 17.1. The van der Waals surface area contributed by atoms with Gasteiger partial charge in [0.25, 0.3) is 0 Å². The zero-order valence-electron chi connectivity index (χ0n) is 15.6. The summed E-state index contributed by atoms with van der Waals surface area (Å²) in [7, 11) is 0. The van der Waals surface area contributed by atoms with E-state index in [1.807, 2.05) is 42.2 Å². The number of ether oxygens (including phenoxy) is 1. The molecule has 1 heterocycles. The number of likely N-dealkylation sites (tertiary alicyclic amines) is 1. The number of nitrogens with zero attached hydrogens (tertiary/aromatic N) is 1. The number of rotatable bonds is 3. The van der Waals surface area contributed by atoms with Gasteiger partial charge < -0.3 is 4.74 Å². The van der Waals surface area contributed by atoms with Crippen molar-refractivity contribution in [1.29, 1.82) is 0 Å². The summed E-state index contributed by atoms with van der Waals surface area (Å²) in [6, 6.07) is 10.0. The topological polar surface area (TPSA) is 29.5 Å². The van der Waals surface area contributed by atoms with Crippen LogP contribution >= 0.6 is 23.2 Å². The summed E-state index contributed by atoms with van der Waals surface area (Å²) >= 11 is 9.53. The van der Waals surface area contributed by atoms with E-state index < -0.39 is 23.2 Å². The van der Waals surface area contributed by atoms with Crippen LogP contribution in [0.15, 0.2) is 30.3 Å². The first-order valence-electron chi connectivity index (χ1n) is 8.33. The fourth-order valence-corrected chi connectivity index (χ4v) is 2.82. The molecule has 3 atom stereocenters. The van der Waals surface area contributed by atoms with Gasteiger partial charge in [-0.15, -0.1) is 23.2 Å². The molecule has 142 valence electrons. The van der Waals surface area contributed by atoms with Gasteiger partial charge in [0.15, 0.2) is 0 Å². The van der Waals surface area contributed by atoms with E-state index in [1.165, 1.54) is 0 Å². The van der Waals surface area contributed by atoms with Gasteiger partial charge in [-0.05, 0) is 40.2 Å². The molecule has 0 radical (unpaired) electrons. The SMILES string of the molecule is C[C@H](c1ccccc1)N1CC(F)[C@](C)(C(=O)OC(C)(C)C)C1.ClCCl. The molecule has 1 unspecified atom stereocenters. The predicted molar refractivity (Wildman–Crippen MR) is 102 cm³/mol. The summed E-state index contributed by atoms with van der Waals surface area (Å²) in [5.41, 5.74) is -0.572. The van der Waals surface area contributed by atoms with E-state index in [4.69, 9.17) is 27.9 Å². The van der Waals surface area contributed by atoms with E-state index in [0.717, 1.165) is 5.56 Å². The van der Waals surface area contributed by atoms with E-state index in [1.54, 1.807) is 27.7 Å². The standard InChI is InChI=1S/C18H26FNO2.CH2Cl2/c1-13(14-9-7-6-8-10-14)20-11-15(19)18(5,12-20)16(21)22-17(2,3)4;2-1-3/h6-10,13,15H,11-12H2,1-5H3;1H2/t13-,15?,18-;/m1./s1. The number of benzene rings is 1. The molecule has 0 bridgehead atoms. The van der Waals surface area contributed by atoms with Crippen molar-refractivity contribution >= 4 is 29.2 Å². The molecule has 1 aromatic carbocycles. The van der Waals surface area contributed by atoms with Gasteiger partial charge >= 0.3 is 5.97 Å². The Balaban J connectivity index is 0.000000970. The minimum absolute atomic E-state index is 0.0729. The summed E-state index contributed by atoms with van der Waals surface area (Å²) in [5.74, 6) is -0.449. The number of esters is 1. The molecule has 1 saturated heterocycles. The number of carbonyl (C=O) groups is 1. The van der Waals surface area contributed by atoms with Crippen molar-refractivity contribution in [2.75, 3.05) is 18.4 Å². The highest BCUT2D eigenvalue weighted by atomic mass is 35.5. The Hall–Kier alpha value is -0.840. The van der Waals surface area contributed by atoms with Crippen molar-refractivity contribution in [2.24, 2.45) is 5.41 Å². The molecule has 0 aromatic heterocycles. The van der Waals surface area contributed by atoms with E-state index in [9.17, 15) is 9.18 Å². The van der Waals surface area contributed by atoms with Crippen LogP contribution in [0.2, 0.25) is 0 Å². The maximum atomic E-state index is 14.6. The van der Waals surface area contributed by atoms with Crippen LogP contribution in [0.4, 0.5) is 4.39 Å². The number of hydrogen-bond donors (Lipinski definition) is 0. The van der Waals surface area contributed by atoms with Crippen LogP contribution in [-0.4, -0.2) is 41.1 Å². The van der Waals surface area contributed by atoms with Crippen LogP contribution < -0.4 is 0 Å². The maximum absolute atomic E-state index is 14.6. The van der Waals surface area contributed by atoms with Gasteiger partial charge in [0.05, 0.1) is 5.34 Å². The number of halogens is 3. The molecular weight excluding hydrogens is 364 g/mol. The van der Waals surface area contributed by atoms with Crippen molar-refractivity contribution in [3.8, 4) is 0 Å². The molecule has 25 heavy (non-hydrogen) atoms. The number of carbonyl (C=O) groups excluding carboxylic acids is 1. The maximum Gasteiger partial charge on any atom is 0.316 e. The van der Waals surface area contributed by atoms with Crippen molar-refractivity contribution in [3.63, 3.8) is 0 Å². The lowest BCUT2D eigenvalue weighted by Crippen LogP contribution is -2.42. The Bertz CT molecular complexity index is 550. The molecule has 1 aliphatic rings. The van der Waals surface area contributed by atoms with Gasteiger partial charge in [-0.3, -0.25) is 9.69 Å².